The van der Waals surface area contributed by atoms with Gasteiger partial charge in [0.1, 0.15) is 11.5 Å². The average Bonchev–Trinajstić information content (AvgIpc) is 3.24. The highest BCUT2D eigenvalue weighted by atomic mass is 16.3. The van der Waals surface area contributed by atoms with Gasteiger partial charge in [-0.25, -0.2) is 9.48 Å². The molecule has 0 radical (unpaired) electrons. The van der Waals surface area contributed by atoms with Crippen LogP contribution in [0, 0.1) is 0 Å². The van der Waals surface area contributed by atoms with Gasteiger partial charge in [0, 0.05) is 18.7 Å². The van der Waals surface area contributed by atoms with Gasteiger partial charge in [-0.05, 0) is 12.1 Å². The first kappa shape index (κ1) is 14.5. The van der Waals surface area contributed by atoms with Crippen LogP contribution < -0.4 is 5.32 Å². The van der Waals surface area contributed by atoms with Gasteiger partial charge in [-0.1, -0.05) is 35.5 Å². The Hall–Kier alpha value is -3.09. The number of furan rings is 1. The first-order chi connectivity index (χ1) is 11.8. The van der Waals surface area contributed by atoms with Gasteiger partial charge in [-0.2, -0.15) is 0 Å². The summed E-state index contributed by atoms with van der Waals surface area (Å²) in [6.45, 7) is 1.65. The zero-order valence-electron chi connectivity index (χ0n) is 13.0. The van der Waals surface area contributed by atoms with E-state index in [9.17, 15) is 4.79 Å². The molecule has 0 saturated carbocycles. The van der Waals surface area contributed by atoms with Crippen molar-refractivity contribution in [2.45, 2.75) is 12.6 Å². The van der Waals surface area contributed by atoms with Gasteiger partial charge < -0.3 is 14.6 Å². The fourth-order valence-electron chi connectivity index (χ4n) is 2.67. The van der Waals surface area contributed by atoms with Gasteiger partial charge >= 0.3 is 6.03 Å². The smallest absolute Gasteiger partial charge is 0.317 e. The van der Waals surface area contributed by atoms with Gasteiger partial charge in [0.05, 0.1) is 25.0 Å². The van der Waals surface area contributed by atoms with Crippen LogP contribution in [0.5, 0.6) is 0 Å². The van der Waals surface area contributed by atoms with Gasteiger partial charge in [0.2, 0.25) is 0 Å². The Morgan fingerprint density at radius 3 is 2.79 bits per heavy atom. The van der Waals surface area contributed by atoms with E-state index in [0.717, 1.165) is 17.0 Å². The van der Waals surface area contributed by atoms with Crippen LogP contribution in [0.3, 0.4) is 0 Å². The summed E-state index contributed by atoms with van der Waals surface area (Å²) in [6, 6.07) is 13.6. The van der Waals surface area contributed by atoms with E-state index in [1.807, 2.05) is 47.3 Å². The van der Waals surface area contributed by atoms with Crippen molar-refractivity contribution in [3.63, 3.8) is 0 Å². The highest BCUT2D eigenvalue weighted by molar-refractivity contribution is 5.75. The van der Waals surface area contributed by atoms with Gasteiger partial charge in [0.25, 0.3) is 0 Å². The van der Waals surface area contributed by atoms with Crippen molar-refractivity contribution >= 4 is 6.03 Å². The van der Waals surface area contributed by atoms with Crippen molar-refractivity contribution in [2.75, 3.05) is 13.1 Å². The molecule has 0 aliphatic carbocycles. The Bertz CT molecular complexity index is 807. The van der Waals surface area contributed by atoms with E-state index in [0.29, 0.717) is 19.6 Å². The molecule has 1 aliphatic rings. The van der Waals surface area contributed by atoms with Gasteiger partial charge in [-0.3, -0.25) is 0 Å². The minimum Gasteiger partial charge on any atom is -0.467 e. The monoisotopic (exact) mass is 323 g/mol. The maximum absolute atomic E-state index is 12.1. The second-order valence-electron chi connectivity index (χ2n) is 5.75. The van der Waals surface area contributed by atoms with Crippen LogP contribution in [0.4, 0.5) is 4.79 Å². The minimum absolute atomic E-state index is 0.0916. The molecule has 0 bridgehead atoms. The first-order valence-corrected chi connectivity index (χ1v) is 7.82. The number of urea groups is 1. The number of carbonyl (C=O) groups is 1. The highest BCUT2D eigenvalue weighted by Crippen LogP contribution is 2.23. The largest absolute Gasteiger partial charge is 0.467 e. The van der Waals surface area contributed by atoms with E-state index in [-0.39, 0.29) is 12.1 Å². The Balaban J connectivity index is 1.31. The summed E-state index contributed by atoms with van der Waals surface area (Å²) in [7, 11) is 0. The molecule has 7 heteroatoms. The number of hydrogen-bond donors (Lipinski definition) is 1. The number of nitrogens with zero attached hydrogens (tertiary/aromatic N) is 4. The molecule has 122 valence electrons. The lowest BCUT2D eigenvalue weighted by molar-refractivity contribution is 0.116. The number of likely N-dealkylation sites (tertiary alicyclic amines) is 1. The van der Waals surface area contributed by atoms with Crippen LogP contribution in [-0.4, -0.2) is 39.0 Å². The van der Waals surface area contributed by atoms with E-state index >= 15 is 0 Å². The fourth-order valence-corrected chi connectivity index (χ4v) is 2.67. The molecule has 2 amide bonds. The Morgan fingerprint density at radius 1 is 1.21 bits per heavy atom. The fraction of sp³-hybridized carbons (Fsp3) is 0.235. The summed E-state index contributed by atoms with van der Waals surface area (Å²) in [5, 5.41) is 11.2. The molecule has 2 aromatic heterocycles. The van der Waals surface area contributed by atoms with Crippen LogP contribution in [0.1, 0.15) is 11.8 Å². The van der Waals surface area contributed by atoms with Crippen molar-refractivity contribution in [3.8, 4) is 11.3 Å². The predicted molar refractivity (Wildman–Crippen MR) is 87.0 cm³/mol. The third kappa shape index (κ3) is 2.88. The molecule has 1 aliphatic heterocycles. The number of aromatic nitrogens is 3. The summed E-state index contributed by atoms with van der Waals surface area (Å²) in [5.74, 6) is 0.740. The Labute approximate surface area is 138 Å². The Kier molecular flexibility index (Phi) is 3.74. The number of hydrogen-bond acceptors (Lipinski definition) is 4. The van der Waals surface area contributed by atoms with Crippen LogP contribution in [0.2, 0.25) is 0 Å². The second kappa shape index (κ2) is 6.19. The lowest BCUT2D eigenvalue weighted by Gasteiger charge is -2.38. The molecule has 0 unspecified atom stereocenters. The molecule has 0 spiro atoms. The second-order valence-corrected chi connectivity index (χ2v) is 5.75. The molecule has 1 aromatic carbocycles. The van der Waals surface area contributed by atoms with Crippen LogP contribution in [0.15, 0.2) is 59.3 Å². The molecule has 7 nitrogen and oxygen atoms in total. The minimum atomic E-state index is -0.0916. The van der Waals surface area contributed by atoms with Crippen LogP contribution in [-0.2, 0) is 6.54 Å². The van der Waals surface area contributed by atoms with E-state index in [2.05, 4.69) is 15.6 Å². The quantitative estimate of drug-likeness (QED) is 0.799. The standard InChI is InChI=1S/C17H17N5O2/c23-17(18-9-15-7-4-8-24-15)21-10-14(11-21)22-12-16(19-20-22)13-5-2-1-3-6-13/h1-8,12,14H,9-11H2,(H,18,23). The van der Waals surface area contributed by atoms with Gasteiger partial charge in [-0.15, -0.1) is 5.10 Å². The lowest BCUT2D eigenvalue weighted by Crippen LogP contribution is -2.54. The summed E-state index contributed by atoms with van der Waals surface area (Å²) in [4.78, 5) is 13.8. The van der Waals surface area contributed by atoms with Gasteiger partial charge in [0.15, 0.2) is 0 Å². The molecule has 3 heterocycles. The Morgan fingerprint density at radius 2 is 2.04 bits per heavy atom. The SMILES string of the molecule is O=C(NCc1ccco1)N1CC(n2cc(-c3ccccc3)nn2)C1. The molecule has 4 rings (SSSR count). The number of carbonyl (C=O) groups excluding carboxylic acids is 1. The number of nitrogens with one attached hydrogen (secondary N) is 1. The van der Waals surface area contributed by atoms with E-state index in [1.54, 1.807) is 17.2 Å². The van der Waals surface area contributed by atoms with Crippen molar-refractivity contribution in [3.05, 3.63) is 60.7 Å². The van der Waals surface area contributed by atoms with Crippen LogP contribution in [0.25, 0.3) is 11.3 Å². The first-order valence-electron chi connectivity index (χ1n) is 7.82. The molecular formula is C17H17N5O2. The van der Waals surface area contributed by atoms with Crippen molar-refractivity contribution in [1.82, 2.24) is 25.2 Å². The summed E-state index contributed by atoms with van der Waals surface area (Å²) < 4.78 is 7.03. The molecule has 1 saturated heterocycles. The lowest BCUT2D eigenvalue weighted by atomic mass is 10.1. The van der Waals surface area contributed by atoms with E-state index in [1.165, 1.54) is 0 Å². The molecule has 1 N–H and O–H groups in total. The molecular weight excluding hydrogens is 306 g/mol. The summed E-state index contributed by atoms with van der Waals surface area (Å²) in [5.41, 5.74) is 1.88. The zero-order chi connectivity index (χ0) is 16.4. The van der Waals surface area contributed by atoms with E-state index < -0.39 is 0 Å². The third-order valence-electron chi connectivity index (χ3n) is 4.10. The average molecular weight is 323 g/mol. The van der Waals surface area contributed by atoms with Crippen molar-refractivity contribution in [2.24, 2.45) is 0 Å². The molecule has 3 aromatic rings. The molecule has 0 atom stereocenters. The third-order valence-corrected chi connectivity index (χ3v) is 4.10. The number of rotatable bonds is 4. The van der Waals surface area contributed by atoms with Crippen molar-refractivity contribution in [1.29, 1.82) is 0 Å². The topological polar surface area (TPSA) is 76.2 Å². The normalized spacial score (nSPS) is 14.4. The highest BCUT2D eigenvalue weighted by Gasteiger charge is 2.32. The van der Waals surface area contributed by atoms with Crippen molar-refractivity contribution < 1.29 is 9.21 Å². The predicted octanol–water partition coefficient (Wildman–Crippen LogP) is 2.30. The van der Waals surface area contributed by atoms with E-state index in [4.69, 9.17) is 4.42 Å². The maximum atomic E-state index is 12.1. The number of amides is 2. The maximum Gasteiger partial charge on any atom is 0.317 e. The molecule has 24 heavy (non-hydrogen) atoms. The number of benzene rings is 1. The van der Waals surface area contributed by atoms with Crippen LogP contribution >= 0.6 is 0 Å². The zero-order valence-corrected chi connectivity index (χ0v) is 13.0. The molecule has 1 fully saturated rings. The summed E-state index contributed by atoms with van der Waals surface area (Å²) in [6.07, 6.45) is 3.52. The summed E-state index contributed by atoms with van der Waals surface area (Å²) >= 11 is 0.